The minimum absolute atomic E-state index is 0.106. The van der Waals surface area contributed by atoms with Crippen molar-refractivity contribution >= 4 is 40.1 Å². The number of fused-ring (bicyclic) bond motifs is 1. The van der Waals surface area contributed by atoms with Crippen molar-refractivity contribution in [2.45, 2.75) is 13.0 Å². The van der Waals surface area contributed by atoms with E-state index < -0.39 is 0 Å². The van der Waals surface area contributed by atoms with Gasteiger partial charge in [-0.05, 0) is 42.5 Å². The standard InChI is InChI=1S/C24H21ClN4O2/c25-18-9-6-10-19(15-18)27-23(30)16-29-21-12-5-4-11-20(21)28-22(29)13-14-26-24(31)17-7-2-1-3-8-17/h1-12,15H,13-14,16H2,(H,26,31)(H,27,30). The van der Waals surface area contributed by atoms with Gasteiger partial charge >= 0.3 is 0 Å². The largest absolute Gasteiger partial charge is 0.352 e. The average Bonchev–Trinajstić information content (AvgIpc) is 3.11. The normalized spacial score (nSPS) is 10.7. The van der Waals surface area contributed by atoms with Crippen LogP contribution in [0.5, 0.6) is 0 Å². The van der Waals surface area contributed by atoms with E-state index >= 15 is 0 Å². The summed E-state index contributed by atoms with van der Waals surface area (Å²) in [6.07, 6.45) is 0.498. The lowest BCUT2D eigenvalue weighted by Gasteiger charge is -2.11. The third-order valence-electron chi connectivity index (χ3n) is 4.81. The number of benzene rings is 3. The van der Waals surface area contributed by atoms with Gasteiger partial charge in [0.1, 0.15) is 12.4 Å². The van der Waals surface area contributed by atoms with Gasteiger partial charge in [0.15, 0.2) is 0 Å². The molecule has 6 nitrogen and oxygen atoms in total. The molecule has 0 saturated heterocycles. The zero-order valence-electron chi connectivity index (χ0n) is 16.7. The first-order chi connectivity index (χ1) is 15.1. The van der Waals surface area contributed by atoms with Gasteiger partial charge in [0.25, 0.3) is 5.91 Å². The number of nitrogens with zero attached hydrogens (tertiary/aromatic N) is 2. The summed E-state index contributed by atoms with van der Waals surface area (Å²) >= 11 is 6.00. The SMILES string of the molecule is O=C(Cn1c(CCNC(=O)c2ccccc2)nc2ccccc21)Nc1cccc(Cl)c1. The fourth-order valence-corrected chi connectivity index (χ4v) is 3.57. The molecule has 0 aliphatic rings. The molecule has 3 aromatic carbocycles. The quantitative estimate of drug-likeness (QED) is 0.457. The third kappa shape index (κ3) is 5.10. The maximum atomic E-state index is 12.7. The molecule has 0 atom stereocenters. The maximum absolute atomic E-state index is 12.7. The number of carbonyl (C=O) groups is 2. The maximum Gasteiger partial charge on any atom is 0.251 e. The Morgan fingerprint density at radius 1 is 0.935 bits per heavy atom. The molecule has 2 amide bonds. The van der Waals surface area contributed by atoms with Crippen LogP contribution in [-0.2, 0) is 17.8 Å². The highest BCUT2D eigenvalue weighted by molar-refractivity contribution is 6.30. The Labute approximate surface area is 184 Å². The molecule has 0 radical (unpaired) electrons. The molecular formula is C24H21ClN4O2. The van der Waals surface area contributed by atoms with Crippen LogP contribution in [0.1, 0.15) is 16.2 Å². The predicted molar refractivity (Wildman–Crippen MR) is 122 cm³/mol. The second-order valence-electron chi connectivity index (χ2n) is 7.03. The van der Waals surface area contributed by atoms with Gasteiger partial charge in [0.05, 0.1) is 11.0 Å². The average molecular weight is 433 g/mol. The van der Waals surface area contributed by atoms with E-state index in [1.54, 1.807) is 36.4 Å². The van der Waals surface area contributed by atoms with Gasteiger partial charge in [-0.1, -0.05) is 48.0 Å². The highest BCUT2D eigenvalue weighted by Gasteiger charge is 2.14. The summed E-state index contributed by atoms with van der Waals surface area (Å²) in [6, 6.07) is 23.7. The van der Waals surface area contributed by atoms with Crippen molar-refractivity contribution in [1.82, 2.24) is 14.9 Å². The molecule has 0 unspecified atom stereocenters. The summed E-state index contributed by atoms with van der Waals surface area (Å²) in [5.74, 6) is 0.415. The van der Waals surface area contributed by atoms with Crippen LogP contribution in [0.25, 0.3) is 11.0 Å². The first-order valence-electron chi connectivity index (χ1n) is 9.93. The minimum Gasteiger partial charge on any atom is -0.352 e. The molecule has 1 heterocycles. The molecule has 0 bridgehead atoms. The third-order valence-corrected chi connectivity index (χ3v) is 5.05. The van der Waals surface area contributed by atoms with Crippen LogP contribution in [0.4, 0.5) is 5.69 Å². The van der Waals surface area contributed by atoms with Gasteiger partial charge in [0, 0.05) is 29.2 Å². The van der Waals surface area contributed by atoms with Crippen LogP contribution >= 0.6 is 11.6 Å². The number of anilines is 1. The van der Waals surface area contributed by atoms with Gasteiger partial charge in [-0.15, -0.1) is 0 Å². The molecule has 0 aliphatic carbocycles. The first kappa shape index (κ1) is 20.6. The zero-order chi connectivity index (χ0) is 21.6. The Morgan fingerprint density at radius 2 is 1.71 bits per heavy atom. The van der Waals surface area contributed by atoms with Crippen LogP contribution in [0, 0.1) is 0 Å². The highest BCUT2D eigenvalue weighted by Crippen LogP contribution is 2.18. The first-order valence-corrected chi connectivity index (χ1v) is 10.3. The summed E-state index contributed by atoms with van der Waals surface area (Å²) in [5, 5.41) is 6.33. The monoisotopic (exact) mass is 432 g/mol. The number of carbonyl (C=O) groups excluding carboxylic acids is 2. The summed E-state index contributed by atoms with van der Waals surface area (Å²) in [6.45, 7) is 0.516. The van der Waals surface area contributed by atoms with Gasteiger partial charge < -0.3 is 15.2 Å². The van der Waals surface area contributed by atoms with Gasteiger partial charge in [-0.25, -0.2) is 4.98 Å². The molecular weight excluding hydrogens is 412 g/mol. The number of para-hydroxylation sites is 2. The van der Waals surface area contributed by atoms with Gasteiger partial charge in [-0.2, -0.15) is 0 Å². The zero-order valence-corrected chi connectivity index (χ0v) is 17.5. The van der Waals surface area contributed by atoms with Crippen LogP contribution < -0.4 is 10.6 Å². The molecule has 0 fully saturated rings. The fourth-order valence-electron chi connectivity index (χ4n) is 3.38. The lowest BCUT2D eigenvalue weighted by molar-refractivity contribution is -0.116. The lowest BCUT2D eigenvalue weighted by Crippen LogP contribution is -2.27. The lowest BCUT2D eigenvalue weighted by atomic mass is 10.2. The van der Waals surface area contributed by atoms with E-state index in [0.717, 1.165) is 16.9 Å². The Kier molecular flexibility index (Phi) is 6.29. The molecule has 31 heavy (non-hydrogen) atoms. The molecule has 7 heteroatoms. The Morgan fingerprint density at radius 3 is 2.52 bits per heavy atom. The number of aromatic nitrogens is 2. The molecule has 0 spiro atoms. The summed E-state index contributed by atoms with van der Waals surface area (Å²) in [7, 11) is 0. The van der Waals surface area contributed by atoms with Gasteiger partial charge in [-0.3, -0.25) is 9.59 Å². The number of amides is 2. The van der Waals surface area contributed by atoms with Crippen molar-refractivity contribution in [2.75, 3.05) is 11.9 Å². The van der Waals surface area contributed by atoms with E-state index in [9.17, 15) is 9.59 Å². The van der Waals surface area contributed by atoms with Crippen LogP contribution in [0.3, 0.4) is 0 Å². The van der Waals surface area contributed by atoms with Crippen molar-refractivity contribution < 1.29 is 9.59 Å². The predicted octanol–water partition coefficient (Wildman–Crippen LogP) is 4.30. The van der Waals surface area contributed by atoms with E-state index in [2.05, 4.69) is 15.6 Å². The summed E-state index contributed by atoms with van der Waals surface area (Å²) in [5.41, 5.74) is 2.92. The molecule has 1 aromatic heterocycles. The molecule has 2 N–H and O–H groups in total. The number of hydrogen-bond donors (Lipinski definition) is 2. The van der Waals surface area contributed by atoms with Crippen molar-refractivity contribution in [1.29, 1.82) is 0 Å². The highest BCUT2D eigenvalue weighted by atomic mass is 35.5. The summed E-state index contributed by atoms with van der Waals surface area (Å²) in [4.78, 5) is 29.6. The van der Waals surface area contributed by atoms with Gasteiger partial charge in [0.2, 0.25) is 5.91 Å². The number of nitrogens with one attached hydrogen (secondary N) is 2. The van der Waals surface area contributed by atoms with Crippen molar-refractivity contribution in [3.05, 3.63) is 95.3 Å². The number of halogens is 1. The molecule has 0 aliphatic heterocycles. The van der Waals surface area contributed by atoms with E-state index in [0.29, 0.717) is 29.2 Å². The fraction of sp³-hybridized carbons (Fsp3) is 0.125. The van der Waals surface area contributed by atoms with E-state index in [1.807, 2.05) is 47.0 Å². The number of imidazole rings is 1. The van der Waals surface area contributed by atoms with Crippen LogP contribution in [0.15, 0.2) is 78.9 Å². The molecule has 4 rings (SSSR count). The topological polar surface area (TPSA) is 76.0 Å². The second-order valence-corrected chi connectivity index (χ2v) is 7.47. The van der Waals surface area contributed by atoms with E-state index in [4.69, 9.17) is 11.6 Å². The van der Waals surface area contributed by atoms with E-state index in [1.165, 1.54) is 0 Å². The van der Waals surface area contributed by atoms with Crippen molar-refractivity contribution in [2.24, 2.45) is 0 Å². The number of hydrogen-bond acceptors (Lipinski definition) is 3. The molecule has 4 aromatic rings. The van der Waals surface area contributed by atoms with Crippen molar-refractivity contribution in [3.63, 3.8) is 0 Å². The number of rotatable bonds is 7. The van der Waals surface area contributed by atoms with Crippen molar-refractivity contribution in [3.8, 4) is 0 Å². The Hall–Kier alpha value is -3.64. The van der Waals surface area contributed by atoms with E-state index in [-0.39, 0.29) is 18.4 Å². The van der Waals surface area contributed by atoms with Crippen LogP contribution in [0.2, 0.25) is 5.02 Å². The molecule has 156 valence electrons. The summed E-state index contributed by atoms with van der Waals surface area (Å²) < 4.78 is 1.88. The minimum atomic E-state index is -0.181. The smallest absolute Gasteiger partial charge is 0.251 e. The van der Waals surface area contributed by atoms with Crippen LogP contribution in [-0.4, -0.2) is 27.9 Å². The Bertz CT molecular complexity index is 1220. The Balaban J connectivity index is 1.47. The second kappa shape index (κ2) is 9.45. The molecule has 0 saturated carbocycles.